The highest BCUT2D eigenvalue weighted by atomic mass is 79.9. The second kappa shape index (κ2) is 7.04. The van der Waals surface area contributed by atoms with Gasteiger partial charge in [-0.25, -0.2) is 4.79 Å². The molecule has 0 aliphatic carbocycles. The van der Waals surface area contributed by atoms with Crippen molar-refractivity contribution in [2.24, 2.45) is 0 Å². The summed E-state index contributed by atoms with van der Waals surface area (Å²) in [5.41, 5.74) is 1.24. The Morgan fingerprint density at radius 3 is 2.67 bits per heavy atom. The van der Waals surface area contributed by atoms with Crippen molar-refractivity contribution in [2.45, 2.75) is 6.92 Å². The van der Waals surface area contributed by atoms with Crippen molar-refractivity contribution < 1.29 is 14.6 Å². The predicted molar refractivity (Wildman–Crippen MR) is 84.5 cm³/mol. The van der Waals surface area contributed by atoms with E-state index in [-0.39, 0.29) is 23.6 Å². The molecule has 0 unspecified atom stereocenters. The van der Waals surface area contributed by atoms with Crippen LogP contribution in [-0.4, -0.2) is 22.7 Å². The smallest absolute Gasteiger partial charge is 0.340 e. The van der Waals surface area contributed by atoms with Crippen molar-refractivity contribution >= 4 is 33.5 Å². The lowest BCUT2D eigenvalue weighted by Gasteiger charge is -2.08. The molecule has 0 bridgehead atoms. The fraction of sp³-hybridized carbons (Fsp3) is 0.125. The predicted octanol–water partition coefficient (Wildman–Crippen LogP) is 3.65. The standard InChI is InChI=1S/C16H14BrNO3/c1-2-21-16(20)13(15-14(19)4-3-9-18-15)10-11-5-7-12(17)8-6-11/h3-10,19H,2H2,1H3/b13-10+. The summed E-state index contributed by atoms with van der Waals surface area (Å²) in [5, 5.41) is 9.90. The summed E-state index contributed by atoms with van der Waals surface area (Å²) in [6.45, 7) is 1.98. The normalized spacial score (nSPS) is 11.2. The number of benzene rings is 1. The fourth-order valence-electron chi connectivity index (χ4n) is 1.76. The van der Waals surface area contributed by atoms with Crippen molar-refractivity contribution in [3.63, 3.8) is 0 Å². The number of ether oxygens (including phenoxy) is 1. The van der Waals surface area contributed by atoms with E-state index >= 15 is 0 Å². The Kier molecular flexibility index (Phi) is 5.11. The van der Waals surface area contributed by atoms with Gasteiger partial charge in [-0.05, 0) is 42.8 Å². The Bertz CT molecular complexity index is 665. The number of aromatic hydroxyl groups is 1. The van der Waals surface area contributed by atoms with E-state index in [1.807, 2.05) is 24.3 Å². The van der Waals surface area contributed by atoms with Crippen LogP contribution in [-0.2, 0) is 9.53 Å². The van der Waals surface area contributed by atoms with E-state index in [1.165, 1.54) is 12.3 Å². The Balaban J connectivity index is 2.48. The SMILES string of the molecule is CCOC(=O)/C(=C/c1ccc(Br)cc1)c1ncccc1O. The summed E-state index contributed by atoms with van der Waals surface area (Å²) in [6.07, 6.45) is 3.16. The molecule has 0 aliphatic heterocycles. The first-order valence-corrected chi connectivity index (χ1v) is 7.20. The Morgan fingerprint density at radius 2 is 2.05 bits per heavy atom. The highest BCUT2D eigenvalue weighted by molar-refractivity contribution is 9.10. The number of halogens is 1. The fourth-order valence-corrected chi connectivity index (χ4v) is 2.03. The molecule has 5 heteroatoms. The second-order valence-electron chi connectivity index (χ2n) is 4.20. The van der Waals surface area contributed by atoms with E-state index in [2.05, 4.69) is 20.9 Å². The molecule has 0 atom stereocenters. The molecule has 21 heavy (non-hydrogen) atoms. The molecule has 1 N–H and O–H groups in total. The number of hydrogen-bond donors (Lipinski definition) is 1. The van der Waals surface area contributed by atoms with Crippen LogP contribution in [0.15, 0.2) is 47.1 Å². The summed E-state index contributed by atoms with van der Waals surface area (Å²) in [5.74, 6) is -0.580. The van der Waals surface area contributed by atoms with Gasteiger partial charge in [0, 0.05) is 10.7 Å². The molecule has 0 aliphatic rings. The van der Waals surface area contributed by atoms with Gasteiger partial charge in [-0.15, -0.1) is 0 Å². The Morgan fingerprint density at radius 1 is 1.33 bits per heavy atom. The third-order valence-electron chi connectivity index (χ3n) is 2.72. The summed E-state index contributed by atoms with van der Waals surface area (Å²) in [4.78, 5) is 16.2. The molecular weight excluding hydrogens is 334 g/mol. The number of carbonyl (C=O) groups excluding carboxylic acids is 1. The third kappa shape index (κ3) is 3.92. The van der Waals surface area contributed by atoms with E-state index in [1.54, 1.807) is 19.1 Å². The van der Waals surface area contributed by atoms with Crippen LogP contribution < -0.4 is 0 Å². The highest BCUT2D eigenvalue weighted by Crippen LogP contribution is 2.26. The molecule has 0 saturated heterocycles. The number of nitrogens with zero attached hydrogens (tertiary/aromatic N) is 1. The minimum Gasteiger partial charge on any atom is -0.506 e. The van der Waals surface area contributed by atoms with Crippen molar-refractivity contribution in [1.29, 1.82) is 0 Å². The first kappa shape index (κ1) is 15.3. The summed E-state index contributed by atoms with van der Waals surface area (Å²) in [7, 11) is 0. The number of esters is 1. The van der Waals surface area contributed by atoms with Gasteiger partial charge in [-0.3, -0.25) is 4.98 Å². The highest BCUT2D eigenvalue weighted by Gasteiger charge is 2.18. The van der Waals surface area contributed by atoms with Gasteiger partial charge in [0.25, 0.3) is 0 Å². The van der Waals surface area contributed by atoms with Crippen molar-refractivity contribution in [3.8, 4) is 5.75 Å². The van der Waals surface area contributed by atoms with Crippen LogP contribution in [0.4, 0.5) is 0 Å². The lowest BCUT2D eigenvalue weighted by atomic mass is 10.1. The molecule has 108 valence electrons. The van der Waals surface area contributed by atoms with Gasteiger partial charge in [0.15, 0.2) is 0 Å². The topological polar surface area (TPSA) is 59.4 Å². The molecule has 0 saturated carbocycles. The van der Waals surface area contributed by atoms with Crippen LogP contribution in [0.25, 0.3) is 11.6 Å². The minimum atomic E-state index is -0.519. The summed E-state index contributed by atoms with van der Waals surface area (Å²) >= 11 is 3.36. The zero-order valence-corrected chi connectivity index (χ0v) is 13.0. The van der Waals surface area contributed by atoms with Gasteiger partial charge in [0.1, 0.15) is 11.4 Å². The number of carbonyl (C=O) groups is 1. The van der Waals surface area contributed by atoms with E-state index in [0.29, 0.717) is 0 Å². The van der Waals surface area contributed by atoms with Gasteiger partial charge in [-0.2, -0.15) is 0 Å². The number of hydrogen-bond acceptors (Lipinski definition) is 4. The van der Waals surface area contributed by atoms with Crippen molar-refractivity contribution in [2.75, 3.05) is 6.61 Å². The molecule has 1 heterocycles. The van der Waals surface area contributed by atoms with Crippen LogP contribution >= 0.6 is 15.9 Å². The molecule has 0 radical (unpaired) electrons. The largest absolute Gasteiger partial charge is 0.506 e. The van der Waals surface area contributed by atoms with Gasteiger partial charge in [0.2, 0.25) is 0 Å². The molecule has 2 rings (SSSR count). The Hall–Kier alpha value is -2.14. The molecular formula is C16H14BrNO3. The Labute approximate surface area is 131 Å². The zero-order valence-electron chi connectivity index (χ0n) is 11.4. The first-order valence-electron chi connectivity index (χ1n) is 6.40. The van der Waals surface area contributed by atoms with Gasteiger partial charge in [0.05, 0.1) is 12.2 Å². The number of pyridine rings is 1. The summed E-state index contributed by atoms with van der Waals surface area (Å²) < 4.78 is 5.98. The van der Waals surface area contributed by atoms with Crippen molar-refractivity contribution in [3.05, 3.63) is 58.3 Å². The van der Waals surface area contributed by atoms with E-state index < -0.39 is 5.97 Å². The lowest BCUT2D eigenvalue weighted by Crippen LogP contribution is -2.08. The van der Waals surface area contributed by atoms with Crippen LogP contribution in [0.1, 0.15) is 18.2 Å². The van der Waals surface area contributed by atoms with Gasteiger partial charge < -0.3 is 9.84 Å². The van der Waals surface area contributed by atoms with E-state index in [9.17, 15) is 9.90 Å². The maximum absolute atomic E-state index is 12.1. The van der Waals surface area contributed by atoms with Crippen LogP contribution in [0.5, 0.6) is 5.75 Å². The van der Waals surface area contributed by atoms with E-state index in [4.69, 9.17) is 4.74 Å². The van der Waals surface area contributed by atoms with Crippen molar-refractivity contribution in [1.82, 2.24) is 4.98 Å². The quantitative estimate of drug-likeness (QED) is 0.677. The maximum atomic E-state index is 12.1. The average Bonchev–Trinajstić information content (AvgIpc) is 2.48. The maximum Gasteiger partial charge on any atom is 0.340 e. The molecule has 0 fully saturated rings. The molecule has 1 aromatic heterocycles. The zero-order chi connectivity index (χ0) is 15.2. The lowest BCUT2D eigenvalue weighted by molar-refractivity contribution is -0.136. The average molecular weight is 348 g/mol. The molecule has 2 aromatic rings. The molecule has 0 spiro atoms. The van der Waals surface area contributed by atoms with Crippen LogP contribution in [0.3, 0.4) is 0 Å². The number of rotatable bonds is 4. The third-order valence-corrected chi connectivity index (χ3v) is 3.25. The van der Waals surface area contributed by atoms with Crippen LogP contribution in [0, 0.1) is 0 Å². The molecule has 1 aromatic carbocycles. The monoisotopic (exact) mass is 347 g/mol. The first-order chi connectivity index (χ1) is 10.1. The van der Waals surface area contributed by atoms with Gasteiger partial charge >= 0.3 is 5.97 Å². The minimum absolute atomic E-state index is 0.0612. The number of aromatic nitrogens is 1. The summed E-state index contributed by atoms with van der Waals surface area (Å²) in [6, 6.07) is 10.5. The molecule has 4 nitrogen and oxygen atoms in total. The van der Waals surface area contributed by atoms with Gasteiger partial charge in [-0.1, -0.05) is 28.1 Å². The molecule has 0 amide bonds. The van der Waals surface area contributed by atoms with E-state index in [0.717, 1.165) is 10.0 Å². The van der Waals surface area contributed by atoms with Crippen LogP contribution in [0.2, 0.25) is 0 Å². The second-order valence-corrected chi connectivity index (χ2v) is 5.12.